The molecule has 0 aliphatic heterocycles. The number of para-hydroxylation sites is 2. The molecule has 0 saturated carbocycles. The maximum absolute atomic E-state index is 12.2. The van der Waals surface area contributed by atoms with E-state index < -0.39 is 17.9 Å². The van der Waals surface area contributed by atoms with Gasteiger partial charge in [0.1, 0.15) is 0 Å². The number of esters is 1. The Morgan fingerprint density at radius 3 is 2.61 bits per heavy atom. The minimum atomic E-state index is -0.676. The Labute approximate surface area is 163 Å². The lowest BCUT2D eigenvalue weighted by atomic mass is 10.1. The normalized spacial score (nSPS) is 11.8. The first-order chi connectivity index (χ1) is 13.3. The van der Waals surface area contributed by atoms with Crippen molar-refractivity contribution in [2.24, 2.45) is 11.7 Å². The molecule has 0 aliphatic carbocycles. The van der Waals surface area contributed by atoms with Crippen molar-refractivity contribution in [3.05, 3.63) is 42.2 Å². The summed E-state index contributed by atoms with van der Waals surface area (Å²) in [5.41, 5.74) is 6.97. The number of nitrogens with one attached hydrogen (secondary N) is 2. The van der Waals surface area contributed by atoms with Crippen LogP contribution in [0.25, 0.3) is 5.69 Å². The van der Waals surface area contributed by atoms with Gasteiger partial charge in [-0.1, -0.05) is 26.0 Å². The first-order valence-electron chi connectivity index (χ1n) is 8.98. The fraction of sp³-hybridized carbons (Fsp3) is 0.368. The van der Waals surface area contributed by atoms with Crippen molar-refractivity contribution in [3.8, 4) is 5.69 Å². The first kappa shape index (κ1) is 21.1. The first-order valence-corrected chi connectivity index (χ1v) is 8.98. The number of carbonyl (C=O) groups is 3. The van der Waals surface area contributed by atoms with Crippen molar-refractivity contribution in [1.82, 2.24) is 15.1 Å². The highest BCUT2D eigenvalue weighted by Gasteiger charge is 2.18. The zero-order valence-corrected chi connectivity index (χ0v) is 16.1. The fourth-order valence-electron chi connectivity index (χ4n) is 2.33. The molecule has 28 heavy (non-hydrogen) atoms. The zero-order chi connectivity index (χ0) is 20.7. The number of amides is 2. The molecule has 0 fully saturated rings. The molecule has 2 amide bonds. The summed E-state index contributed by atoms with van der Waals surface area (Å²) in [6.45, 7) is 5.42. The summed E-state index contributed by atoms with van der Waals surface area (Å²) in [6.07, 6.45) is 1.60. The molecule has 1 aromatic carbocycles. The molecule has 0 saturated heterocycles. The van der Waals surface area contributed by atoms with Crippen molar-refractivity contribution in [1.29, 1.82) is 0 Å². The number of anilines is 1. The van der Waals surface area contributed by atoms with Crippen LogP contribution in [0.4, 0.5) is 5.69 Å². The molecule has 0 bridgehead atoms. The lowest BCUT2D eigenvalue weighted by Gasteiger charge is -2.15. The number of nitrogens with two attached hydrogens (primary N) is 1. The molecule has 1 heterocycles. The number of nitrogens with zero attached hydrogens (tertiary/aromatic N) is 2. The van der Waals surface area contributed by atoms with E-state index >= 15 is 0 Å². The van der Waals surface area contributed by atoms with Crippen LogP contribution < -0.4 is 16.4 Å². The Morgan fingerprint density at radius 2 is 1.93 bits per heavy atom. The number of hydrogen-bond acceptors (Lipinski definition) is 6. The Kier molecular flexibility index (Phi) is 7.28. The van der Waals surface area contributed by atoms with Gasteiger partial charge in [-0.3, -0.25) is 9.59 Å². The molecule has 0 aliphatic rings. The van der Waals surface area contributed by atoms with Crippen LogP contribution in [0.5, 0.6) is 0 Å². The molecule has 9 heteroatoms. The van der Waals surface area contributed by atoms with Gasteiger partial charge in [0.05, 0.1) is 30.6 Å². The molecule has 0 unspecified atom stereocenters. The number of hydrogen-bond donors (Lipinski definition) is 3. The highest BCUT2D eigenvalue weighted by molar-refractivity contribution is 5.96. The topological polar surface area (TPSA) is 128 Å². The molecule has 0 radical (unpaired) electrons. The Morgan fingerprint density at radius 1 is 1.21 bits per heavy atom. The third-order valence-corrected chi connectivity index (χ3v) is 3.94. The van der Waals surface area contributed by atoms with Gasteiger partial charge in [0.15, 0.2) is 5.69 Å². The molecular weight excluding hydrogens is 362 g/mol. The molecule has 150 valence electrons. The number of carbonyl (C=O) groups excluding carboxylic acids is 3. The van der Waals surface area contributed by atoms with Gasteiger partial charge in [-0.25, -0.2) is 9.48 Å². The fourth-order valence-corrected chi connectivity index (χ4v) is 2.33. The van der Waals surface area contributed by atoms with E-state index in [0.29, 0.717) is 11.4 Å². The van der Waals surface area contributed by atoms with Gasteiger partial charge in [-0.2, -0.15) is 5.10 Å². The maximum atomic E-state index is 12.2. The Balaban J connectivity index is 2.07. The second-order valence-electron chi connectivity index (χ2n) is 6.42. The molecule has 2 rings (SSSR count). The highest BCUT2D eigenvalue weighted by atomic mass is 16.5. The second kappa shape index (κ2) is 9.65. The van der Waals surface area contributed by atoms with Crippen molar-refractivity contribution in [2.45, 2.75) is 26.8 Å². The summed E-state index contributed by atoms with van der Waals surface area (Å²) in [4.78, 5) is 35.9. The van der Waals surface area contributed by atoms with Crippen molar-refractivity contribution < 1.29 is 19.1 Å². The van der Waals surface area contributed by atoms with Crippen molar-refractivity contribution in [2.75, 3.05) is 18.5 Å². The highest BCUT2D eigenvalue weighted by Crippen LogP contribution is 2.19. The molecular formula is C19H25N5O4. The SMILES string of the molecule is CCOC(=O)c1ccn(-c2ccccc2NC(=O)CNC(=O)[C@@H](N)C(C)C)n1. The lowest BCUT2D eigenvalue weighted by molar-refractivity contribution is -0.125. The van der Waals surface area contributed by atoms with Crippen LogP contribution >= 0.6 is 0 Å². The summed E-state index contributed by atoms with van der Waals surface area (Å²) < 4.78 is 6.39. The summed E-state index contributed by atoms with van der Waals surface area (Å²) in [6, 6.07) is 7.82. The molecule has 4 N–H and O–H groups in total. The van der Waals surface area contributed by atoms with Crippen LogP contribution in [0.2, 0.25) is 0 Å². The van der Waals surface area contributed by atoms with E-state index in [1.165, 1.54) is 10.7 Å². The predicted molar refractivity (Wildman–Crippen MR) is 104 cm³/mol. The van der Waals surface area contributed by atoms with Gasteiger partial charge >= 0.3 is 5.97 Å². The molecule has 9 nitrogen and oxygen atoms in total. The molecule has 2 aromatic rings. The average Bonchev–Trinajstić information content (AvgIpc) is 3.16. The maximum Gasteiger partial charge on any atom is 0.358 e. The van der Waals surface area contributed by atoms with E-state index in [4.69, 9.17) is 10.5 Å². The van der Waals surface area contributed by atoms with Crippen LogP contribution in [-0.2, 0) is 14.3 Å². The Hall–Kier alpha value is -3.20. The van der Waals surface area contributed by atoms with E-state index in [1.807, 2.05) is 13.8 Å². The summed E-state index contributed by atoms with van der Waals surface area (Å²) in [5.74, 6) is -1.34. The van der Waals surface area contributed by atoms with Gasteiger partial charge in [-0.15, -0.1) is 0 Å². The third-order valence-electron chi connectivity index (χ3n) is 3.94. The molecule has 1 aromatic heterocycles. The van der Waals surface area contributed by atoms with Gasteiger partial charge < -0.3 is 21.1 Å². The minimum absolute atomic E-state index is 0.0304. The zero-order valence-electron chi connectivity index (χ0n) is 16.1. The number of aromatic nitrogens is 2. The van der Waals surface area contributed by atoms with E-state index in [1.54, 1.807) is 37.4 Å². The number of rotatable bonds is 8. The standard InChI is InChI=1S/C19H25N5O4/c1-4-28-19(27)14-9-10-24(23-14)15-8-6-5-7-13(15)22-16(25)11-21-18(26)17(20)12(2)3/h5-10,12,17H,4,11,20H2,1-3H3,(H,21,26)(H,22,25)/t17-/m0/s1. The van der Waals surface area contributed by atoms with E-state index in [2.05, 4.69) is 15.7 Å². The van der Waals surface area contributed by atoms with Crippen LogP contribution in [-0.4, -0.2) is 46.8 Å². The van der Waals surface area contributed by atoms with Crippen LogP contribution in [0.15, 0.2) is 36.5 Å². The molecule has 1 atom stereocenters. The minimum Gasteiger partial charge on any atom is -0.461 e. The van der Waals surface area contributed by atoms with Crippen LogP contribution in [0, 0.1) is 5.92 Å². The number of benzene rings is 1. The smallest absolute Gasteiger partial charge is 0.358 e. The second-order valence-corrected chi connectivity index (χ2v) is 6.42. The Bertz CT molecular complexity index is 846. The van der Waals surface area contributed by atoms with E-state index in [-0.39, 0.29) is 30.7 Å². The van der Waals surface area contributed by atoms with Crippen LogP contribution in [0.3, 0.4) is 0 Å². The average molecular weight is 387 g/mol. The molecule has 0 spiro atoms. The van der Waals surface area contributed by atoms with Crippen molar-refractivity contribution in [3.63, 3.8) is 0 Å². The monoisotopic (exact) mass is 387 g/mol. The summed E-state index contributed by atoms with van der Waals surface area (Å²) in [5, 5.41) is 9.43. The predicted octanol–water partition coefficient (Wildman–Crippen LogP) is 1.09. The van der Waals surface area contributed by atoms with Gasteiger partial charge in [0, 0.05) is 6.20 Å². The van der Waals surface area contributed by atoms with E-state index in [0.717, 1.165) is 0 Å². The van der Waals surface area contributed by atoms with Gasteiger partial charge in [0.2, 0.25) is 11.8 Å². The largest absolute Gasteiger partial charge is 0.461 e. The summed E-state index contributed by atoms with van der Waals surface area (Å²) in [7, 11) is 0. The van der Waals surface area contributed by atoms with Crippen molar-refractivity contribution >= 4 is 23.5 Å². The lowest BCUT2D eigenvalue weighted by Crippen LogP contribution is -2.46. The van der Waals surface area contributed by atoms with Crippen LogP contribution in [0.1, 0.15) is 31.3 Å². The number of ether oxygens (including phenoxy) is 1. The quantitative estimate of drug-likeness (QED) is 0.582. The van der Waals surface area contributed by atoms with Gasteiger partial charge in [0.25, 0.3) is 0 Å². The van der Waals surface area contributed by atoms with E-state index in [9.17, 15) is 14.4 Å². The summed E-state index contributed by atoms with van der Waals surface area (Å²) >= 11 is 0. The van der Waals surface area contributed by atoms with Gasteiger partial charge in [-0.05, 0) is 31.0 Å². The third kappa shape index (κ3) is 5.40.